The van der Waals surface area contributed by atoms with E-state index in [4.69, 9.17) is 0 Å². The number of nitrogens with one attached hydrogen (secondary N) is 2. The molecule has 2 N–H and O–H groups in total. The van der Waals surface area contributed by atoms with E-state index in [1.165, 1.54) is 0 Å². The molecular formula is C15H19N3O2S. The van der Waals surface area contributed by atoms with Gasteiger partial charge in [-0.3, -0.25) is 4.98 Å². The normalized spacial score (nSPS) is 13.0. The van der Waals surface area contributed by atoms with Crippen LogP contribution in [0.5, 0.6) is 0 Å². The van der Waals surface area contributed by atoms with Gasteiger partial charge >= 0.3 is 0 Å². The Hall–Kier alpha value is -1.76. The van der Waals surface area contributed by atoms with Crippen LogP contribution in [0.1, 0.15) is 24.2 Å². The third-order valence-electron chi connectivity index (χ3n) is 3.29. The molecule has 1 unspecified atom stereocenters. The molecule has 0 bridgehead atoms. The summed E-state index contributed by atoms with van der Waals surface area (Å²) in [4.78, 5) is 4.34. The Morgan fingerprint density at radius 3 is 2.43 bits per heavy atom. The highest BCUT2D eigenvalue weighted by Gasteiger charge is 2.14. The van der Waals surface area contributed by atoms with E-state index in [2.05, 4.69) is 15.0 Å². The lowest BCUT2D eigenvalue weighted by Crippen LogP contribution is -2.23. The fourth-order valence-electron chi connectivity index (χ4n) is 1.86. The molecule has 1 atom stereocenters. The largest absolute Gasteiger partial charge is 0.313 e. The van der Waals surface area contributed by atoms with Crippen LogP contribution in [0.3, 0.4) is 0 Å². The van der Waals surface area contributed by atoms with Crippen molar-refractivity contribution in [1.82, 2.24) is 15.0 Å². The van der Waals surface area contributed by atoms with Crippen molar-refractivity contribution in [1.29, 1.82) is 0 Å². The van der Waals surface area contributed by atoms with Crippen molar-refractivity contribution in [2.24, 2.45) is 0 Å². The molecule has 0 aliphatic rings. The molecule has 0 aliphatic heterocycles. The van der Waals surface area contributed by atoms with E-state index in [1.807, 2.05) is 32.2 Å². The van der Waals surface area contributed by atoms with E-state index in [1.54, 1.807) is 30.5 Å². The molecule has 0 saturated carbocycles. The maximum Gasteiger partial charge on any atom is 0.240 e. The van der Waals surface area contributed by atoms with Crippen LogP contribution in [0.15, 0.2) is 53.6 Å². The average Bonchev–Trinajstić information content (AvgIpc) is 2.53. The first-order chi connectivity index (χ1) is 10.0. The summed E-state index contributed by atoms with van der Waals surface area (Å²) < 4.78 is 27.0. The van der Waals surface area contributed by atoms with Crippen molar-refractivity contribution >= 4 is 10.0 Å². The molecule has 112 valence electrons. The molecular weight excluding hydrogens is 286 g/mol. The third kappa shape index (κ3) is 4.10. The van der Waals surface area contributed by atoms with Crippen LogP contribution in [0.4, 0.5) is 0 Å². The van der Waals surface area contributed by atoms with Crippen molar-refractivity contribution in [2.75, 3.05) is 7.05 Å². The Kier molecular flexibility index (Phi) is 5.06. The summed E-state index contributed by atoms with van der Waals surface area (Å²) in [6.45, 7) is 2.20. The Labute approximate surface area is 125 Å². The van der Waals surface area contributed by atoms with E-state index in [9.17, 15) is 8.42 Å². The van der Waals surface area contributed by atoms with E-state index >= 15 is 0 Å². The van der Waals surface area contributed by atoms with Crippen molar-refractivity contribution in [3.8, 4) is 0 Å². The molecule has 2 rings (SSSR count). The van der Waals surface area contributed by atoms with Crippen molar-refractivity contribution in [3.63, 3.8) is 0 Å². The summed E-state index contributed by atoms with van der Waals surface area (Å²) in [5.74, 6) is 0. The summed E-state index contributed by atoms with van der Waals surface area (Å²) >= 11 is 0. The van der Waals surface area contributed by atoms with Crippen molar-refractivity contribution < 1.29 is 8.42 Å². The summed E-state index contributed by atoms with van der Waals surface area (Å²) in [6, 6.07) is 12.4. The van der Waals surface area contributed by atoms with Gasteiger partial charge in [-0.1, -0.05) is 18.2 Å². The minimum absolute atomic E-state index is 0.178. The van der Waals surface area contributed by atoms with E-state index < -0.39 is 10.0 Å². The quantitative estimate of drug-likeness (QED) is 0.854. The van der Waals surface area contributed by atoms with Gasteiger partial charge in [0.05, 0.1) is 17.1 Å². The second-order valence-electron chi connectivity index (χ2n) is 4.73. The molecule has 5 nitrogen and oxygen atoms in total. The molecule has 1 aromatic carbocycles. The van der Waals surface area contributed by atoms with Gasteiger partial charge < -0.3 is 5.32 Å². The van der Waals surface area contributed by atoms with Crippen LogP contribution in [-0.2, 0) is 16.6 Å². The van der Waals surface area contributed by atoms with Crippen molar-refractivity contribution in [3.05, 3.63) is 59.9 Å². The number of rotatable bonds is 6. The smallest absolute Gasteiger partial charge is 0.240 e. The summed E-state index contributed by atoms with van der Waals surface area (Å²) in [5, 5.41) is 3.11. The molecule has 0 aliphatic carbocycles. The van der Waals surface area contributed by atoms with Crippen LogP contribution in [0.2, 0.25) is 0 Å². The van der Waals surface area contributed by atoms with Crippen LogP contribution < -0.4 is 10.0 Å². The Balaban J connectivity index is 2.09. The highest BCUT2D eigenvalue weighted by atomic mass is 32.2. The number of hydrogen-bond donors (Lipinski definition) is 2. The monoisotopic (exact) mass is 305 g/mol. The standard InChI is InChI=1S/C15H19N3O2S/c1-12(16-2)13-6-8-15(9-7-13)21(19,20)18-11-14-5-3-4-10-17-14/h3-10,12,16,18H,11H2,1-2H3. The Morgan fingerprint density at radius 2 is 1.86 bits per heavy atom. The number of aromatic nitrogens is 1. The van der Waals surface area contributed by atoms with E-state index in [-0.39, 0.29) is 17.5 Å². The fraction of sp³-hybridized carbons (Fsp3) is 0.267. The highest BCUT2D eigenvalue weighted by Crippen LogP contribution is 2.16. The first kappa shape index (κ1) is 15.6. The molecule has 0 spiro atoms. The second kappa shape index (κ2) is 6.80. The second-order valence-corrected chi connectivity index (χ2v) is 6.49. The molecule has 0 saturated heterocycles. The first-order valence-corrected chi connectivity index (χ1v) is 8.18. The van der Waals surface area contributed by atoms with Gasteiger partial charge in [-0.15, -0.1) is 0 Å². The number of nitrogens with zero attached hydrogens (tertiary/aromatic N) is 1. The average molecular weight is 305 g/mol. The van der Waals surface area contributed by atoms with Gasteiger partial charge in [-0.25, -0.2) is 13.1 Å². The van der Waals surface area contributed by atoms with Crippen LogP contribution in [-0.4, -0.2) is 20.4 Å². The van der Waals surface area contributed by atoms with E-state index in [0.29, 0.717) is 5.69 Å². The summed E-state index contributed by atoms with van der Waals surface area (Å²) in [7, 11) is -1.65. The summed E-state index contributed by atoms with van der Waals surface area (Å²) in [6.07, 6.45) is 1.64. The zero-order valence-electron chi connectivity index (χ0n) is 12.1. The van der Waals surface area contributed by atoms with Crippen LogP contribution >= 0.6 is 0 Å². The minimum Gasteiger partial charge on any atom is -0.313 e. The molecule has 1 heterocycles. The zero-order valence-corrected chi connectivity index (χ0v) is 12.9. The fourth-order valence-corrected chi connectivity index (χ4v) is 2.86. The third-order valence-corrected chi connectivity index (χ3v) is 4.71. The number of pyridine rings is 1. The molecule has 0 fully saturated rings. The van der Waals surface area contributed by atoms with Gasteiger partial charge in [0.25, 0.3) is 0 Å². The van der Waals surface area contributed by atoms with Crippen LogP contribution in [0.25, 0.3) is 0 Å². The summed E-state index contributed by atoms with van der Waals surface area (Å²) in [5.41, 5.74) is 1.72. The van der Waals surface area contributed by atoms with Gasteiger partial charge in [-0.2, -0.15) is 0 Å². The first-order valence-electron chi connectivity index (χ1n) is 6.70. The predicted molar refractivity (Wildman–Crippen MR) is 82.2 cm³/mol. The maximum atomic E-state index is 12.2. The molecule has 1 aromatic heterocycles. The molecule has 6 heteroatoms. The van der Waals surface area contributed by atoms with Crippen LogP contribution in [0, 0.1) is 0 Å². The van der Waals surface area contributed by atoms with Gasteiger partial charge in [0.1, 0.15) is 0 Å². The molecule has 21 heavy (non-hydrogen) atoms. The van der Waals surface area contributed by atoms with Crippen molar-refractivity contribution in [2.45, 2.75) is 24.4 Å². The Morgan fingerprint density at radius 1 is 1.14 bits per heavy atom. The van der Waals surface area contributed by atoms with Gasteiger partial charge in [0.15, 0.2) is 0 Å². The number of sulfonamides is 1. The van der Waals surface area contributed by atoms with Gasteiger partial charge in [-0.05, 0) is 43.8 Å². The highest BCUT2D eigenvalue weighted by molar-refractivity contribution is 7.89. The lowest BCUT2D eigenvalue weighted by Gasteiger charge is -2.11. The maximum absolute atomic E-state index is 12.2. The zero-order chi connectivity index (χ0) is 15.3. The lowest BCUT2D eigenvalue weighted by atomic mass is 10.1. The van der Waals surface area contributed by atoms with E-state index in [0.717, 1.165) is 5.56 Å². The Bertz CT molecular complexity index is 670. The predicted octanol–water partition coefficient (Wildman–Crippen LogP) is 1.84. The molecule has 0 amide bonds. The lowest BCUT2D eigenvalue weighted by molar-refractivity contribution is 0.580. The molecule has 2 aromatic rings. The number of hydrogen-bond acceptors (Lipinski definition) is 4. The SMILES string of the molecule is CNC(C)c1ccc(S(=O)(=O)NCc2ccccn2)cc1. The van der Waals surface area contributed by atoms with Gasteiger partial charge in [0, 0.05) is 12.2 Å². The topological polar surface area (TPSA) is 71.1 Å². The van der Waals surface area contributed by atoms with Gasteiger partial charge in [0.2, 0.25) is 10.0 Å². The molecule has 0 radical (unpaired) electrons. The number of benzene rings is 1. The minimum atomic E-state index is -3.52.